The summed E-state index contributed by atoms with van der Waals surface area (Å²) < 4.78 is 0. The highest BCUT2D eigenvalue weighted by molar-refractivity contribution is 6.33. The van der Waals surface area contributed by atoms with Crippen LogP contribution in [-0.4, -0.2) is 7.05 Å². The summed E-state index contributed by atoms with van der Waals surface area (Å²) in [5.74, 6) is 0.647. The lowest BCUT2D eigenvalue weighted by atomic mass is 9.70. The van der Waals surface area contributed by atoms with E-state index in [1.807, 2.05) is 25.2 Å². The van der Waals surface area contributed by atoms with E-state index in [-0.39, 0.29) is 0 Å². The Balaban J connectivity index is 2.18. The molecule has 106 valence electrons. The predicted octanol–water partition coefficient (Wildman–Crippen LogP) is 5.47. The van der Waals surface area contributed by atoms with Gasteiger partial charge in [-0.3, -0.25) is 0 Å². The molecule has 0 saturated heterocycles. The molecule has 0 spiro atoms. The van der Waals surface area contributed by atoms with E-state index in [2.05, 4.69) is 19.2 Å². The zero-order chi connectivity index (χ0) is 14.0. The fourth-order valence-corrected chi connectivity index (χ4v) is 3.57. The van der Waals surface area contributed by atoms with Crippen LogP contribution < -0.4 is 5.32 Å². The maximum Gasteiger partial charge on any atom is 0.0454 e. The van der Waals surface area contributed by atoms with Gasteiger partial charge in [0.15, 0.2) is 0 Å². The average molecular weight is 300 g/mol. The van der Waals surface area contributed by atoms with Crippen molar-refractivity contribution in [2.75, 3.05) is 7.05 Å². The van der Waals surface area contributed by atoms with Gasteiger partial charge in [0.25, 0.3) is 0 Å². The Labute approximate surface area is 126 Å². The molecule has 0 radical (unpaired) electrons. The molecule has 0 aliphatic heterocycles. The Morgan fingerprint density at radius 1 is 1.21 bits per heavy atom. The van der Waals surface area contributed by atoms with Crippen molar-refractivity contribution >= 4 is 23.2 Å². The van der Waals surface area contributed by atoms with Crippen LogP contribution in [0.3, 0.4) is 0 Å². The Morgan fingerprint density at radius 3 is 2.42 bits per heavy atom. The number of benzene rings is 1. The molecule has 0 amide bonds. The van der Waals surface area contributed by atoms with Gasteiger partial charge >= 0.3 is 0 Å². The molecule has 0 heterocycles. The molecule has 1 atom stereocenters. The Morgan fingerprint density at radius 2 is 1.84 bits per heavy atom. The van der Waals surface area contributed by atoms with Gasteiger partial charge < -0.3 is 5.32 Å². The SMILES string of the molecule is CNC(c1cc(Cl)ccc1Cl)C1CCC(C)(C)CC1. The fourth-order valence-electron chi connectivity index (χ4n) is 3.15. The van der Waals surface area contributed by atoms with E-state index in [4.69, 9.17) is 23.2 Å². The number of rotatable bonds is 3. The van der Waals surface area contributed by atoms with E-state index < -0.39 is 0 Å². The third kappa shape index (κ3) is 3.65. The van der Waals surface area contributed by atoms with Crippen LogP contribution >= 0.6 is 23.2 Å². The first-order chi connectivity index (χ1) is 8.93. The minimum Gasteiger partial charge on any atom is -0.313 e. The third-order valence-electron chi connectivity index (χ3n) is 4.46. The normalized spacial score (nSPS) is 21.3. The second-order valence-electron chi connectivity index (χ2n) is 6.43. The average Bonchev–Trinajstić information content (AvgIpc) is 2.36. The van der Waals surface area contributed by atoms with E-state index >= 15 is 0 Å². The molecule has 19 heavy (non-hydrogen) atoms. The van der Waals surface area contributed by atoms with Gasteiger partial charge in [0.05, 0.1) is 0 Å². The standard InChI is InChI=1S/C16H23Cl2N/c1-16(2)8-6-11(7-9-16)15(19-3)13-10-12(17)4-5-14(13)18/h4-5,10-11,15,19H,6-9H2,1-3H3. The van der Waals surface area contributed by atoms with Crippen molar-refractivity contribution in [2.45, 2.75) is 45.6 Å². The van der Waals surface area contributed by atoms with Crippen LogP contribution in [0, 0.1) is 11.3 Å². The molecule has 1 N–H and O–H groups in total. The molecule has 1 unspecified atom stereocenters. The largest absolute Gasteiger partial charge is 0.313 e. The first kappa shape index (κ1) is 15.2. The summed E-state index contributed by atoms with van der Waals surface area (Å²) in [5.41, 5.74) is 1.63. The van der Waals surface area contributed by atoms with E-state index in [0.29, 0.717) is 17.4 Å². The second-order valence-corrected chi connectivity index (χ2v) is 7.28. The molecule has 1 fully saturated rings. The molecule has 1 saturated carbocycles. The van der Waals surface area contributed by atoms with Gasteiger partial charge in [0.2, 0.25) is 0 Å². The first-order valence-electron chi connectivity index (χ1n) is 7.05. The highest BCUT2D eigenvalue weighted by Gasteiger charge is 2.32. The zero-order valence-electron chi connectivity index (χ0n) is 12.0. The van der Waals surface area contributed by atoms with E-state index in [1.54, 1.807) is 0 Å². The number of hydrogen-bond acceptors (Lipinski definition) is 1. The predicted molar refractivity (Wildman–Crippen MR) is 84.0 cm³/mol. The molecule has 0 aromatic heterocycles. The summed E-state index contributed by atoms with van der Waals surface area (Å²) in [6.07, 6.45) is 5.07. The van der Waals surface area contributed by atoms with Crippen LogP contribution in [0.1, 0.15) is 51.1 Å². The smallest absolute Gasteiger partial charge is 0.0454 e. The summed E-state index contributed by atoms with van der Waals surface area (Å²) in [5, 5.41) is 5.01. The summed E-state index contributed by atoms with van der Waals surface area (Å²) >= 11 is 12.5. The van der Waals surface area contributed by atoms with Gasteiger partial charge in [-0.05, 0) is 67.8 Å². The van der Waals surface area contributed by atoms with Gasteiger partial charge in [0.1, 0.15) is 0 Å². The van der Waals surface area contributed by atoms with Crippen LogP contribution in [0.15, 0.2) is 18.2 Å². The maximum absolute atomic E-state index is 6.35. The van der Waals surface area contributed by atoms with Crippen molar-refractivity contribution in [1.82, 2.24) is 5.32 Å². The van der Waals surface area contributed by atoms with Crippen LogP contribution in [0.2, 0.25) is 10.0 Å². The molecule has 1 aliphatic carbocycles. The van der Waals surface area contributed by atoms with Crippen molar-refractivity contribution in [2.24, 2.45) is 11.3 Å². The number of halogens is 2. The van der Waals surface area contributed by atoms with E-state index in [0.717, 1.165) is 15.6 Å². The lowest BCUT2D eigenvalue weighted by Gasteiger charge is -2.38. The lowest BCUT2D eigenvalue weighted by molar-refractivity contribution is 0.164. The molecule has 1 aliphatic rings. The van der Waals surface area contributed by atoms with Crippen molar-refractivity contribution in [1.29, 1.82) is 0 Å². The van der Waals surface area contributed by atoms with Crippen LogP contribution in [0.25, 0.3) is 0 Å². The molecule has 1 aromatic rings. The van der Waals surface area contributed by atoms with Gasteiger partial charge in [-0.15, -0.1) is 0 Å². The van der Waals surface area contributed by atoms with Gasteiger partial charge in [0, 0.05) is 16.1 Å². The quantitative estimate of drug-likeness (QED) is 0.780. The van der Waals surface area contributed by atoms with Gasteiger partial charge in [-0.1, -0.05) is 37.0 Å². The molecule has 1 nitrogen and oxygen atoms in total. The minimum absolute atomic E-state index is 0.308. The maximum atomic E-state index is 6.35. The summed E-state index contributed by atoms with van der Waals surface area (Å²) in [6.45, 7) is 4.73. The third-order valence-corrected chi connectivity index (χ3v) is 5.04. The molecular formula is C16H23Cl2N. The van der Waals surface area contributed by atoms with Gasteiger partial charge in [-0.25, -0.2) is 0 Å². The molecule has 1 aromatic carbocycles. The summed E-state index contributed by atoms with van der Waals surface area (Å²) in [7, 11) is 2.02. The summed E-state index contributed by atoms with van der Waals surface area (Å²) in [6, 6.07) is 6.06. The lowest BCUT2D eigenvalue weighted by Crippen LogP contribution is -2.31. The van der Waals surface area contributed by atoms with Crippen LogP contribution in [0.5, 0.6) is 0 Å². The van der Waals surface area contributed by atoms with Crippen molar-refractivity contribution in [3.05, 3.63) is 33.8 Å². The second kappa shape index (κ2) is 6.03. The Kier molecular flexibility index (Phi) is 4.81. The van der Waals surface area contributed by atoms with Crippen molar-refractivity contribution < 1.29 is 0 Å². The summed E-state index contributed by atoms with van der Waals surface area (Å²) in [4.78, 5) is 0. The van der Waals surface area contributed by atoms with Crippen molar-refractivity contribution in [3.63, 3.8) is 0 Å². The van der Waals surface area contributed by atoms with E-state index in [1.165, 1.54) is 25.7 Å². The van der Waals surface area contributed by atoms with Crippen molar-refractivity contribution in [3.8, 4) is 0 Å². The van der Waals surface area contributed by atoms with Crippen LogP contribution in [-0.2, 0) is 0 Å². The van der Waals surface area contributed by atoms with Crippen LogP contribution in [0.4, 0.5) is 0 Å². The molecular weight excluding hydrogens is 277 g/mol. The fraction of sp³-hybridized carbons (Fsp3) is 0.625. The first-order valence-corrected chi connectivity index (χ1v) is 7.81. The molecule has 0 bridgehead atoms. The monoisotopic (exact) mass is 299 g/mol. The zero-order valence-corrected chi connectivity index (χ0v) is 13.5. The van der Waals surface area contributed by atoms with E-state index in [9.17, 15) is 0 Å². The highest BCUT2D eigenvalue weighted by Crippen LogP contribution is 2.43. The Bertz CT molecular complexity index is 432. The Hall–Kier alpha value is -0.240. The molecule has 3 heteroatoms. The molecule has 2 rings (SSSR count). The van der Waals surface area contributed by atoms with Gasteiger partial charge in [-0.2, -0.15) is 0 Å². The topological polar surface area (TPSA) is 12.0 Å². The number of nitrogens with one attached hydrogen (secondary N) is 1. The minimum atomic E-state index is 0.308. The number of hydrogen-bond donors (Lipinski definition) is 1. The highest BCUT2D eigenvalue weighted by atomic mass is 35.5.